The molecule has 3 nitrogen and oxygen atoms in total. The highest BCUT2D eigenvalue weighted by molar-refractivity contribution is 5.70. The smallest absolute Gasteiger partial charge is 0.306 e. The molecule has 0 spiro atoms. The van der Waals surface area contributed by atoms with Gasteiger partial charge in [0.1, 0.15) is 0 Å². The molecule has 3 atom stereocenters. The molecule has 116 valence electrons. The summed E-state index contributed by atoms with van der Waals surface area (Å²) in [5.74, 6) is 0.106. The zero-order valence-electron chi connectivity index (χ0n) is 13.1. The Morgan fingerprint density at radius 3 is 2.62 bits per heavy atom. The van der Waals surface area contributed by atoms with E-state index in [4.69, 9.17) is 0 Å². The average Bonchev–Trinajstić information content (AvgIpc) is 2.92. The second-order valence-corrected chi connectivity index (χ2v) is 6.64. The number of carboxylic acids is 1. The monoisotopic (exact) mass is 289 g/mol. The number of aliphatic carboxylic acids is 1. The van der Waals surface area contributed by atoms with Crippen LogP contribution in [0.2, 0.25) is 0 Å². The lowest BCUT2D eigenvalue weighted by molar-refractivity contribution is -0.142. The Bertz CT molecular complexity index is 444. The lowest BCUT2D eigenvalue weighted by atomic mass is 9.93. The van der Waals surface area contributed by atoms with Gasteiger partial charge in [-0.05, 0) is 43.2 Å². The minimum absolute atomic E-state index is 0.159. The minimum atomic E-state index is -0.626. The summed E-state index contributed by atoms with van der Waals surface area (Å²) in [6.07, 6.45) is 3.99. The quantitative estimate of drug-likeness (QED) is 0.801. The van der Waals surface area contributed by atoms with Crippen LogP contribution in [0.15, 0.2) is 30.3 Å². The summed E-state index contributed by atoms with van der Waals surface area (Å²) in [5.41, 5.74) is 1.30. The summed E-state index contributed by atoms with van der Waals surface area (Å²) in [4.78, 5) is 11.3. The Morgan fingerprint density at radius 1 is 1.29 bits per heavy atom. The van der Waals surface area contributed by atoms with Crippen LogP contribution in [-0.4, -0.2) is 17.6 Å². The van der Waals surface area contributed by atoms with Crippen LogP contribution in [0.3, 0.4) is 0 Å². The van der Waals surface area contributed by atoms with Crippen molar-refractivity contribution in [2.24, 2.45) is 17.8 Å². The maximum Gasteiger partial charge on any atom is 0.306 e. The maximum atomic E-state index is 11.3. The van der Waals surface area contributed by atoms with Crippen LogP contribution in [0.25, 0.3) is 0 Å². The van der Waals surface area contributed by atoms with Crippen molar-refractivity contribution in [1.29, 1.82) is 0 Å². The molecule has 2 N–H and O–H groups in total. The molecule has 0 bridgehead atoms. The van der Waals surface area contributed by atoms with Gasteiger partial charge in [0.25, 0.3) is 0 Å². The summed E-state index contributed by atoms with van der Waals surface area (Å²) in [6.45, 7) is 5.27. The fraction of sp³-hybridized carbons (Fsp3) is 0.611. The first-order chi connectivity index (χ1) is 10.1. The standard InChI is InChI=1S/C18H27NO2/c1-13(2)11-17(14-7-4-3-5-8-14)19-12-15-9-6-10-16(15)18(20)21/h3-5,7-8,13,15-17,19H,6,9-12H2,1-2H3,(H,20,21). The van der Waals surface area contributed by atoms with Crippen molar-refractivity contribution < 1.29 is 9.90 Å². The van der Waals surface area contributed by atoms with E-state index in [0.717, 1.165) is 32.2 Å². The summed E-state index contributed by atoms with van der Waals surface area (Å²) in [5, 5.41) is 12.9. The van der Waals surface area contributed by atoms with Crippen molar-refractivity contribution in [3.8, 4) is 0 Å². The van der Waals surface area contributed by atoms with Gasteiger partial charge in [-0.25, -0.2) is 0 Å². The number of nitrogens with one attached hydrogen (secondary N) is 1. The SMILES string of the molecule is CC(C)CC(NCC1CCCC1C(=O)O)c1ccccc1. The number of benzene rings is 1. The summed E-state index contributed by atoms with van der Waals surface area (Å²) in [6, 6.07) is 10.8. The molecule has 1 aromatic rings. The predicted octanol–water partition coefficient (Wildman–Crippen LogP) is 3.86. The zero-order chi connectivity index (χ0) is 15.2. The van der Waals surface area contributed by atoms with Crippen LogP contribution in [0, 0.1) is 17.8 Å². The van der Waals surface area contributed by atoms with E-state index >= 15 is 0 Å². The van der Waals surface area contributed by atoms with Crippen LogP contribution < -0.4 is 5.32 Å². The van der Waals surface area contributed by atoms with Crippen LogP contribution in [0.5, 0.6) is 0 Å². The van der Waals surface area contributed by atoms with Gasteiger partial charge in [0.2, 0.25) is 0 Å². The number of carboxylic acid groups (broad SMARTS) is 1. The molecule has 1 aromatic carbocycles. The van der Waals surface area contributed by atoms with E-state index in [2.05, 4.69) is 43.4 Å². The van der Waals surface area contributed by atoms with E-state index in [0.29, 0.717) is 12.0 Å². The number of rotatable bonds is 7. The molecule has 1 fully saturated rings. The average molecular weight is 289 g/mol. The second-order valence-electron chi connectivity index (χ2n) is 6.64. The first-order valence-electron chi connectivity index (χ1n) is 8.09. The lowest BCUT2D eigenvalue weighted by Gasteiger charge is -2.24. The molecule has 0 radical (unpaired) electrons. The van der Waals surface area contributed by atoms with Crippen molar-refractivity contribution >= 4 is 5.97 Å². The highest BCUT2D eigenvalue weighted by Gasteiger charge is 2.32. The highest BCUT2D eigenvalue weighted by Crippen LogP contribution is 2.32. The van der Waals surface area contributed by atoms with Crippen molar-refractivity contribution in [3.05, 3.63) is 35.9 Å². The summed E-state index contributed by atoms with van der Waals surface area (Å²) < 4.78 is 0. The first-order valence-corrected chi connectivity index (χ1v) is 8.09. The molecule has 3 unspecified atom stereocenters. The van der Waals surface area contributed by atoms with E-state index in [1.54, 1.807) is 0 Å². The molecular weight excluding hydrogens is 262 g/mol. The molecule has 1 aliphatic carbocycles. The van der Waals surface area contributed by atoms with Crippen molar-refractivity contribution in [2.75, 3.05) is 6.54 Å². The summed E-state index contributed by atoms with van der Waals surface area (Å²) in [7, 11) is 0. The van der Waals surface area contributed by atoms with Crippen molar-refractivity contribution in [3.63, 3.8) is 0 Å². The molecule has 0 saturated heterocycles. The lowest BCUT2D eigenvalue weighted by Crippen LogP contribution is -2.32. The van der Waals surface area contributed by atoms with Crippen molar-refractivity contribution in [1.82, 2.24) is 5.32 Å². The molecule has 1 saturated carbocycles. The molecule has 3 heteroatoms. The van der Waals surface area contributed by atoms with Gasteiger partial charge in [-0.1, -0.05) is 50.6 Å². The van der Waals surface area contributed by atoms with Gasteiger partial charge in [-0.2, -0.15) is 0 Å². The molecule has 0 aliphatic heterocycles. The maximum absolute atomic E-state index is 11.3. The van der Waals surface area contributed by atoms with Gasteiger partial charge in [-0.3, -0.25) is 4.79 Å². The normalized spacial score (nSPS) is 23.4. The van der Waals surface area contributed by atoms with Gasteiger partial charge < -0.3 is 10.4 Å². The van der Waals surface area contributed by atoms with Gasteiger partial charge in [0, 0.05) is 6.04 Å². The van der Waals surface area contributed by atoms with Crippen LogP contribution >= 0.6 is 0 Å². The van der Waals surface area contributed by atoms with Gasteiger partial charge >= 0.3 is 5.97 Å². The predicted molar refractivity (Wildman–Crippen MR) is 85.1 cm³/mol. The molecule has 0 heterocycles. The Labute approximate surface area is 127 Å². The molecule has 0 amide bonds. The van der Waals surface area contributed by atoms with E-state index < -0.39 is 5.97 Å². The highest BCUT2D eigenvalue weighted by atomic mass is 16.4. The van der Waals surface area contributed by atoms with E-state index in [-0.39, 0.29) is 11.8 Å². The zero-order valence-corrected chi connectivity index (χ0v) is 13.1. The second kappa shape index (κ2) is 7.60. The summed E-state index contributed by atoms with van der Waals surface area (Å²) >= 11 is 0. The molecule has 1 aliphatic rings. The third-order valence-electron chi connectivity index (χ3n) is 4.51. The van der Waals surface area contributed by atoms with E-state index in [1.165, 1.54) is 5.56 Å². The Balaban J connectivity index is 1.97. The van der Waals surface area contributed by atoms with Crippen molar-refractivity contribution in [2.45, 2.75) is 45.6 Å². The number of hydrogen-bond donors (Lipinski definition) is 2. The van der Waals surface area contributed by atoms with Crippen LogP contribution in [-0.2, 0) is 4.79 Å². The fourth-order valence-electron chi connectivity index (χ4n) is 3.39. The molecule has 0 aromatic heterocycles. The van der Waals surface area contributed by atoms with E-state index in [9.17, 15) is 9.90 Å². The number of hydrogen-bond acceptors (Lipinski definition) is 2. The largest absolute Gasteiger partial charge is 0.481 e. The minimum Gasteiger partial charge on any atom is -0.481 e. The van der Waals surface area contributed by atoms with E-state index in [1.807, 2.05) is 6.07 Å². The Kier molecular flexibility index (Phi) is 5.80. The third kappa shape index (κ3) is 4.57. The first kappa shape index (κ1) is 16.0. The Hall–Kier alpha value is -1.35. The fourth-order valence-corrected chi connectivity index (χ4v) is 3.39. The number of carbonyl (C=O) groups is 1. The molecule has 2 rings (SSSR count). The molecule has 21 heavy (non-hydrogen) atoms. The van der Waals surface area contributed by atoms with Gasteiger partial charge in [-0.15, -0.1) is 0 Å². The topological polar surface area (TPSA) is 49.3 Å². The van der Waals surface area contributed by atoms with Gasteiger partial charge in [0.15, 0.2) is 0 Å². The molecular formula is C18H27NO2. The Morgan fingerprint density at radius 2 is 2.00 bits per heavy atom. The van der Waals surface area contributed by atoms with Crippen LogP contribution in [0.4, 0.5) is 0 Å². The third-order valence-corrected chi connectivity index (χ3v) is 4.51. The van der Waals surface area contributed by atoms with Crippen LogP contribution in [0.1, 0.15) is 51.1 Å². The van der Waals surface area contributed by atoms with Gasteiger partial charge in [0.05, 0.1) is 5.92 Å².